The third-order valence-electron chi connectivity index (χ3n) is 6.08. The van der Waals surface area contributed by atoms with Crippen LogP contribution in [0.1, 0.15) is 0 Å². The monoisotopic (exact) mass is 523 g/mol. The minimum absolute atomic E-state index is 0.267. The van der Waals surface area contributed by atoms with E-state index in [-0.39, 0.29) is 11.5 Å². The van der Waals surface area contributed by atoms with E-state index in [0.717, 1.165) is 26.2 Å². The van der Waals surface area contributed by atoms with Gasteiger partial charge in [0, 0.05) is 67.0 Å². The van der Waals surface area contributed by atoms with Crippen LogP contribution in [0.2, 0.25) is 5.02 Å². The summed E-state index contributed by atoms with van der Waals surface area (Å²) >= 11 is 6.11. The van der Waals surface area contributed by atoms with Crippen LogP contribution in [0.15, 0.2) is 54.9 Å². The number of piperazine rings is 1. The lowest BCUT2D eigenvalue weighted by Gasteiger charge is -2.31. The summed E-state index contributed by atoms with van der Waals surface area (Å²) in [6.45, 7) is 4.73. The van der Waals surface area contributed by atoms with Crippen LogP contribution < -0.4 is 20.7 Å². The lowest BCUT2D eigenvalue weighted by atomic mass is 10.1. The van der Waals surface area contributed by atoms with Crippen LogP contribution in [0.3, 0.4) is 0 Å². The van der Waals surface area contributed by atoms with Gasteiger partial charge in [-0.3, -0.25) is 4.79 Å². The third kappa shape index (κ3) is 6.10. The molecule has 0 atom stereocenters. The fourth-order valence-corrected chi connectivity index (χ4v) is 4.26. The number of fused-ring (bicyclic) bond motifs is 1. The zero-order valence-electron chi connectivity index (χ0n) is 20.3. The number of hydrogen-bond donors (Lipinski definition) is 3. The van der Waals surface area contributed by atoms with Crippen molar-refractivity contribution in [2.45, 2.75) is 0 Å². The highest BCUT2D eigenvalue weighted by atomic mass is 35.5. The van der Waals surface area contributed by atoms with Gasteiger partial charge >= 0.3 is 0 Å². The van der Waals surface area contributed by atoms with Crippen LogP contribution in [0, 0.1) is 5.82 Å². The Bertz CT molecular complexity index is 1330. The third-order valence-corrected chi connectivity index (χ3v) is 6.32. The van der Waals surface area contributed by atoms with Crippen molar-refractivity contribution in [1.29, 1.82) is 0 Å². The number of pyridine rings is 2. The van der Waals surface area contributed by atoms with Crippen LogP contribution in [-0.4, -0.2) is 72.1 Å². The number of halogens is 2. The van der Waals surface area contributed by atoms with Crippen LogP contribution >= 0.6 is 11.6 Å². The van der Waals surface area contributed by atoms with Gasteiger partial charge in [0.1, 0.15) is 18.2 Å². The van der Waals surface area contributed by atoms with E-state index in [1.807, 2.05) is 6.20 Å². The van der Waals surface area contributed by atoms with Crippen molar-refractivity contribution in [3.05, 3.63) is 65.7 Å². The summed E-state index contributed by atoms with van der Waals surface area (Å²) in [5.74, 6) is 0.715. The second kappa shape index (κ2) is 11.0. The Labute approximate surface area is 219 Å². The van der Waals surface area contributed by atoms with Gasteiger partial charge < -0.3 is 30.5 Å². The summed E-state index contributed by atoms with van der Waals surface area (Å²) in [5.41, 5.74) is 1.93. The van der Waals surface area contributed by atoms with Gasteiger partial charge in [0.2, 0.25) is 0 Å². The lowest BCUT2D eigenvalue weighted by molar-refractivity contribution is -0.112. The first-order chi connectivity index (χ1) is 17.9. The van der Waals surface area contributed by atoms with E-state index in [2.05, 4.69) is 42.8 Å². The molecule has 0 unspecified atom stereocenters. The zero-order valence-corrected chi connectivity index (χ0v) is 21.1. The fraction of sp³-hybridized carbons (Fsp3) is 0.269. The Balaban J connectivity index is 1.35. The quantitative estimate of drug-likeness (QED) is 0.414. The number of rotatable bonds is 6. The van der Waals surface area contributed by atoms with Gasteiger partial charge in [0.25, 0.3) is 5.91 Å². The molecule has 1 saturated heterocycles. The molecule has 192 valence electrons. The predicted molar refractivity (Wildman–Crippen MR) is 143 cm³/mol. The second-order valence-corrected chi connectivity index (χ2v) is 9.27. The summed E-state index contributed by atoms with van der Waals surface area (Å²) in [4.78, 5) is 25.6. The van der Waals surface area contributed by atoms with Crippen molar-refractivity contribution in [3.63, 3.8) is 0 Å². The standard InChI is InChI=1S/C26H27ClFN7O2/c1-34-9-11-35(12-10-34)8-5-24(36)33-23-15-18(4-6-29-23)31-22-16-21(19-14-17(27)2-3-20(19)28)32-26-25(22)37-13-7-30-26/h2-6,8,14-16H,7,9-13H2,1H3,(H3,29,30,31,32,33,36). The molecule has 1 fully saturated rings. The van der Waals surface area contributed by atoms with Crippen molar-refractivity contribution in [1.82, 2.24) is 19.8 Å². The van der Waals surface area contributed by atoms with Crippen LogP contribution in [0.4, 0.5) is 27.4 Å². The topological polar surface area (TPSA) is 94.7 Å². The van der Waals surface area contributed by atoms with Gasteiger partial charge in [-0.25, -0.2) is 14.4 Å². The number of ether oxygens (including phenoxy) is 1. The predicted octanol–water partition coefficient (Wildman–Crippen LogP) is 4.18. The van der Waals surface area contributed by atoms with Crippen molar-refractivity contribution >= 4 is 40.5 Å². The SMILES string of the molecule is CN1CCN(C=CC(=O)Nc2cc(Nc3cc(-c4cc(Cl)ccc4F)nc4c3OCCN4)ccn2)CC1. The minimum Gasteiger partial charge on any atom is -0.486 e. The smallest absolute Gasteiger partial charge is 0.250 e. The Morgan fingerprint density at radius 2 is 2.03 bits per heavy atom. The molecule has 0 saturated carbocycles. The number of aromatic nitrogens is 2. The maximum absolute atomic E-state index is 14.6. The molecule has 1 aromatic carbocycles. The molecule has 3 aromatic rings. The molecule has 0 spiro atoms. The maximum Gasteiger partial charge on any atom is 0.250 e. The number of carbonyl (C=O) groups is 1. The first kappa shape index (κ1) is 24.8. The summed E-state index contributed by atoms with van der Waals surface area (Å²) in [6, 6.07) is 9.52. The molecule has 9 nitrogen and oxygen atoms in total. The Morgan fingerprint density at radius 1 is 1.19 bits per heavy atom. The molecule has 1 amide bonds. The number of nitrogens with one attached hydrogen (secondary N) is 3. The molecule has 2 aliphatic rings. The largest absolute Gasteiger partial charge is 0.486 e. The number of hydrogen-bond acceptors (Lipinski definition) is 8. The van der Waals surface area contributed by atoms with Gasteiger partial charge in [-0.1, -0.05) is 11.6 Å². The van der Waals surface area contributed by atoms with E-state index in [1.54, 1.807) is 24.4 Å². The van der Waals surface area contributed by atoms with Crippen LogP contribution in [-0.2, 0) is 4.79 Å². The van der Waals surface area contributed by atoms with E-state index < -0.39 is 5.82 Å². The number of carbonyl (C=O) groups excluding carboxylic acids is 1. The summed E-state index contributed by atoms with van der Waals surface area (Å²) in [7, 11) is 2.08. The number of amides is 1. The molecule has 37 heavy (non-hydrogen) atoms. The first-order valence-electron chi connectivity index (χ1n) is 12.0. The van der Waals surface area contributed by atoms with E-state index in [1.165, 1.54) is 24.3 Å². The van der Waals surface area contributed by atoms with Crippen LogP contribution in [0.25, 0.3) is 11.3 Å². The highest BCUT2D eigenvalue weighted by Crippen LogP contribution is 2.39. The van der Waals surface area contributed by atoms with E-state index >= 15 is 0 Å². The summed E-state index contributed by atoms with van der Waals surface area (Å²) in [5, 5.41) is 9.70. The number of benzene rings is 1. The molecule has 0 radical (unpaired) electrons. The number of anilines is 4. The molecular weight excluding hydrogens is 497 g/mol. The first-order valence-corrected chi connectivity index (χ1v) is 12.3. The minimum atomic E-state index is -0.432. The van der Waals surface area contributed by atoms with Crippen molar-refractivity contribution in [2.24, 2.45) is 0 Å². The zero-order chi connectivity index (χ0) is 25.8. The Kier molecular flexibility index (Phi) is 7.38. The van der Waals surface area contributed by atoms with Crippen molar-refractivity contribution in [2.75, 3.05) is 62.3 Å². The van der Waals surface area contributed by atoms with Crippen LogP contribution in [0.5, 0.6) is 5.75 Å². The van der Waals surface area contributed by atoms with Gasteiger partial charge in [-0.15, -0.1) is 0 Å². The second-order valence-electron chi connectivity index (χ2n) is 8.83. The molecule has 4 heterocycles. The Morgan fingerprint density at radius 3 is 2.86 bits per heavy atom. The van der Waals surface area contributed by atoms with Crippen molar-refractivity contribution in [3.8, 4) is 17.0 Å². The van der Waals surface area contributed by atoms with E-state index in [4.69, 9.17) is 16.3 Å². The highest BCUT2D eigenvalue weighted by molar-refractivity contribution is 6.30. The lowest BCUT2D eigenvalue weighted by Crippen LogP contribution is -2.41. The van der Waals surface area contributed by atoms with Gasteiger partial charge in [0.05, 0.1) is 17.9 Å². The van der Waals surface area contributed by atoms with Gasteiger partial charge in [-0.05, 0) is 37.4 Å². The summed E-state index contributed by atoms with van der Waals surface area (Å²) < 4.78 is 20.4. The molecule has 0 aliphatic carbocycles. The number of nitrogens with zero attached hydrogens (tertiary/aromatic N) is 4. The Hall–Kier alpha value is -3.89. The molecule has 3 N–H and O–H groups in total. The number of likely N-dealkylation sites (N-methyl/N-ethyl adjacent to an activating group) is 1. The van der Waals surface area contributed by atoms with E-state index in [0.29, 0.717) is 52.6 Å². The average molecular weight is 524 g/mol. The molecule has 11 heteroatoms. The molecule has 0 bridgehead atoms. The highest BCUT2D eigenvalue weighted by Gasteiger charge is 2.20. The molecule has 5 rings (SSSR count). The average Bonchev–Trinajstić information content (AvgIpc) is 2.90. The van der Waals surface area contributed by atoms with Gasteiger partial charge in [-0.2, -0.15) is 0 Å². The molecule has 2 aliphatic heterocycles. The maximum atomic E-state index is 14.6. The van der Waals surface area contributed by atoms with E-state index in [9.17, 15) is 9.18 Å². The van der Waals surface area contributed by atoms with Crippen molar-refractivity contribution < 1.29 is 13.9 Å². The molecule has 2 aromatic heterocycles. The summed E-state index contributed by atoms with van der Waals surface area (Å²) in [6.07, 6.45) is 4.92. The fourth-order valence-electron chi connectivity index (χ4n) is 4.09. The molecular formula is C26H27ClFN7O2. The normalized spacial score (nSPS) is 15.6. The van der Waals surface area contributed by atoms with Gasteiger partial charge in [0.15, 0.2) is 11.6 Å².